The summed E-state index contributed by atoms with van der Waals surface area (Å²) in [5.41, 5.74) is 0.807. The van der Waals surface area contributed by atoms with Gasteiger partial charge in [0.15, 0.2) is 0 Å². The van der Waals surface area contributed by atoms with Crippen molar-refractivity contribution in [2.45, 2.75) is 32.9 Å². The van der Waals surface area contributed by atoms with Gasteiger partial charge in [0.1, 0.15) is 11.4 Å². The normalized spacial score (nSPS) is 11.9. The second-order valence-electron chi connectivity index (χ2n) is 7.94. The molecule has 3 rings (SSSR count). The Morgan fingerprint density at radius 1 is 1.09 bits per heavy atom. The fourth-order valence-electron chi connectivity index (χ4n) is 2.90. The third-order valence-electron chi connectivity index (χ3n) is 4.31. The molecular weight excluding hydrogens is 436 g/mol. The topological polar surface area (TPSA) is 139 Å². The SMILES string of the molecule is COc1ccc2c(-c3ccc(CNS(=O)(=O)NC(=O)OC(C)(C)C)cc3)n[nH]c(=O)c2c1. The minimum atomic E-state index is -4.09. The number of aromatic nitrogens is 2. The number of fused-ring (bicyclic) bond motifs is 1. The molecule has 170 valence electrons. The number of hydrogen-bond acceptors (Lipinski definition) is 7. The lowest BCUT2D eigenvalue weighted by molar-refractivity contribution is 0.0569. The van der Waals surface area contributed by atoms with E-state index in [1.165, 1.54) is 7.11 Å². The molecule has 0 saturated carbocycles. The molecule has 0 aliphatic carbocycles. The highest BCUT2D eigenvalue weighted by Crippen LogP contribution is 2.27. The van der Waals surface area contributed by atoms with Crippen LogP contribution in [0.2, 0.25) is 0 Å². The summed E-state index contributed by atoms with van der Waals surface area (Å²) in [4.78, 5) is 23.8. The molecule has 0 bridgehead atoms. The first-order valence-electron chi connectivity index (χ1n) is 9.63. The van der Waals surface area contributed by atoms with Crippen molar-refractivity contribution in [2.75, 3.05) is 7.11 Å². The lowest BCUT2D eigenvalue weighted by atomic mass is 10.0. The van der Waals surface area contributed by atoms with Gasteiger partial charge in [0.25, 0.3) is 5.56 Å². The molecule has 1 aromatic heterocycles. The molecule has 11 heteroatoms. The highest BCUT2D eigenvalue weighted by Gasteiger charge is 2.21. The van der Waals surface area contributed by atoms with Gasteiger partial charge in [0, 0.05) is 17.5 Å². The molecule has 1 heterocycles. The molecule has 3 aromatic rings. The molecule has 0 aliphatic rings. The van der Waals surface area contributed by atoms with Gasteiger partial charge in [-0.1, -0.05) is 24.3 Å². The van der Waals surface area contributed by atoms with Gasteiger partial charge in [-0.15, -0.1) is 0 Å². The quantitative estimate of drug-likeness (QED) is 0.513. The maximum absolute atomic E-state index is 12.1. The van der Waals surface area contributed by atoms with Gasteiger partial charge in [-0.2, -0.15) is 18.2 Å². The van der Waals surface area contributed by atoms with Crippen molar-refractivity contribution in [1.29, 1.82) is 0 Å². The fourth-order valence-corrected chi connectivity index (χ4v) is 3.59. The second-order valence-corrected chi connectivity index (χ2v) is 9.44. The van der Waals surface area contributed by atoms with Crippen LogP contribution in [0, 0.1) is 0 Å². The van der Waals surface area contributed by atoms with E-state index >= 15 is 0 Å². The Morgan fingerprint density at radius 3 is 2.41 bits per heavy atom. The molecule has 0 spiro atoms. The Morgan fingerprint density at radius 2 is 1.78 bits per heavy atom. The Balaban J connectivity index is 1.74. The largest absolute Gasteiger partial charge is 0.497 e. The summed E-state index contributed by atoms with van der Waals surface area (Å²) in [6.07, 6.45) is -1.06. The molecule has 0 atom stereocenters. The van der Waals surface area contributed by atoms with Crippen LogP contribution in [0.1, 0.15) is 26.3 Å². The number of H-pyrrole nitrogens is 1. The number of carbonyl (C=O) groups is 1. The Kier molecular flexibility index (Phi) is 6.51. The molecule has 1 amide bonds. The van der Waals surface area contributed by atoms with Gasteiger partial charge in [-0.3, -0.25) is 4.79 Å². The monoisotopic (exact) mass is 460 g/mol. The number of ether oxygens (including phenoxy) is 2. The van der Waals surface area contributed by atoms with Gasteiger partial charge < -0.3 is 9.47 Å². The maximum Gasteiger partial charge on any atom is 0.422 e. The van der Waals surface area contributed by atoms with Crippen LogP contribution in [0.25, 0.3) is 22.0 Å². The molecule has 0 saturated heterocycles. The maximum atomic E-state index is 12.1. The van der Waals surface area contributed by atoms with Crippen LogP contribution in [0.4, 0.5) is 4.79 Å². The van der Waals surface area contributed by atoms with Gasteiger partial charge in [0.2, 0.25) is 0 Å². The third kappa shape index (κ3) is 5.83. The van der Waals surface area contributed by atoms with Crippen molar-refractivity contribution in [2.24, 2.45) is 0 Å². The molecule has 0 unspecified atom stereocenters. The van der Waals surface area contributed by atoms with Crippen LogP contribution in [0.15, 0.2) is 47.3 Å². The number of nitrogens with zero attached hydrogens (tertiary/aromatic N) is 1. The number of hydrogen-bond donors (Lipinski definition) is 3. The van der Waals surface area contributed by atoms with Gasteiger partial charge >= 0.3 is 16.3 Å². The van der Waals surface area contributed by atoms with Crippen LogP contribution >= 0.6 is 0 Å². The summed E-state index contributed by atoms with van der Waals surface area (Å²) >= 11 is 0. The fraction of sp³-hybridized carbons (Fsp3) is 0.286. The van der Waals surface area contributed by atoms with E-state index in [0.717, 1.165) is 5.56 Å². The Hall–Kier alpha value is -3.44. The van der Waals surface area contributed by atoms with E-state index < -0.39 is 21.9 Å². The number of rotatable bonds is 6. The molecule has 0 radical (unpaired) electrons. The Labute approximate surface area is 185 Å². The van der Waals surface area contributed by atoms with Crippen molar-refractivity contribution in [1.82, 2.24) is 19.6 Å². The van der Waals surface area contributed by atoms with E-state index in [-0.39, 0.29) is 12.1 Å². The van der Waals surface area contributed by atoms with Crippen LogP contribution < -0.4 is 19.7 Å². The molecule has 10 nitrogen and oxygen atoms in total. The number of amides is 1. The van der Waals surface area contributed by atoms with Crippen LogP contribution in [0.3, 0.4) is 0 Å². The van der Waals surface area contributed by atoms with E-state index in [2.05, 4.69) is 14.9 Å². The van der Waals surface area contributed by atoms with Crippen molar-refractivity contribution >= 4 is 27.1 Å². The second kappa shape index (κ2) is 8.97. The van der Waals surface area contributed by atoms with Crippen molar-refractivity contribution in [3.8, 4) is 17.0 Å². The number of carbonyl (C=O) groups excluding carboxylic acids is 1. The van der Waals surface area contributed by atoms with E-state index in [4.69, 9.17) is 9.47 Å². The summed E-state index contributed by atoms with van der Waals surface area (Å²) in [6.45, 7) is 4.84. The summed E-state index contributed by atoms with van der Waals surface area (Å²) in [5.74, 6) is 0.558. The van der Waals surface area contributed by atoms with E-state index in [1.807, 2.05) is 0 Å². The predicted octanol–water partition coefficient (Wildman–Crippen LogP) is 2.46. The third-order valence-corrected chi connectivity index (χ3v) is 5.27. The minimum absolute atomic E-state index is 0.0462. The van der Waals surface area contributed by atoms with E-state index in [9.17, 15) is 18.0 Å². The van der Waals surface area contributed by atoms with Crippen molar-refractivity contribution in [3.05, 3.63) is 58.4 Å². The van der Waals surface area contributed by atoms with Crippen LogP contribution in [0.5, 0.6) is 5.75 Å². The van der Waals surface area contributed by atoms with Gasteiger partial charge in [0.05, 0.1) is 18.2 Å². The van der Waals surface area contributed by atoms with Crippen LogP contribution in [-0.4, -0.2) is 37.4 Å². The number of benzene rings is 2. The summed E-state index contributed by atoms with van der Waals surface area (Å²) in [7, 11) is -2.57. The zero-order chi connectivity index (χ0) is 23.5. The predicted molar refractivity (Wildman–Crippen MR) is 119 cm³/mol. The minimum Gasteiger partial charge on any atom is -0.497 e. The lowest BCUT2D eigenvalue weighted by Gasteiger charge is -2.19. The molecule has 0 fully saturated rings. The highest BCUT2D eigenvalue weighted by molar-refractivity contribution is 7.88. The summed E-state index contributed by atoms with van der Waals surface area (Å²) in [6, 6.07) is 12.1. The highest BCUT2D eigenvalue weighted by atomic mass is 32.2. The average molecular weight is 461 g/mol. The van der Waals surface area contributed by atoms with E-state index in [1.54, 1.807) is 68.0 Å². The zero-order valence-electron chi connectivity index (χ0n) is 18.1. The first-order chi connectivity index (χ1) is 15.0. The summed E-state index contributed by atoms with van der Waals surface area (Å²) in [5, 5.41) is 7.74. The molecular formula is C21H24N4O6S. The Bertz CT molecular complexity index is 1290. The first-order valence-corrected chi connectivity index (χ1v) is 11.1. The van der Waals surface area contributed by atoms with Gasteiger partial charge in [-0.05, 0) is 44.5 Å². The number of methoxy groups -OCH3 is 1. The first kappa shape index (κ1) is 23.2. The molecule has 2 aromatic carbocycles. The molecule has 3 N–H and O–H groups in total. The van der Waals surface area contributed by atoms with E-state index in [0.29, 0.717) is 27.8 Å². The van der Waals surface area contributed by atoms with Gasteiger partial charge in [-0.25, -0.2) is 14.6 Å². The lowest BCUT2D eigenvalue weighted by Crippen LogP contribution is -2.42. The van der Waals surface area contributed by atoms with Crippen molar-refractivity contribution in [3.63, 3.8) is 0 Å². The standard InChI is InChI=1S/C21H24N4O6S/c1-21(2,3)31-20(27)25-32(28,29)22-12-13-5-7-14(8-6-13)18-16-10-9-15(30-4)11-17(16)19(26)24-23-18/h5-11,22H,12H2,1-4H3,(H,24,26)(H,25,27). The molecule has 0 aliphatic heterocycles. The average Bonchev–Trinajstić information content (AvgIpc) is 2.71. The zero-order valence-corrected chi connectivity index (χ0v) is 18.9. The number of nitrogens with one attached hydrogen (secondary N) is 3. The smallest absolute Gasteiger partial charge is 0.422 e. The summed E-state index contributed by atoms with van der Waals surface area (Å²) < 4.78 is 38.3. The number of aromatic amines is 1. The van der Waals surface area contributed by atoms with Crippen molar-refractivity contribution < 1.29 is 22.7 Å². The van der Waals surface area contributed by atoms with Crippen LogP contribution in [-0.2, 0) is 21.5 Å². The molecule has 32 heavy (non-hydrogen) atoms.